The van der Waals surface area contributed by atoms with Crippen molar-refractivity contribution in [3.63, 3.8) is 0 Å². The number of hydrogen-bond donors (Lipinski definition) is 1. The van der Waals surface area contributed by atoms with Crippen molar-refractivity contribution >= 4 is 27.4 Å². The highest BCUT2D eigenvalue weighted by molar-refractivity contribution is 7.86. The number of nitrogens with one attached hydrogen (secondary N) is 1. The van der Waals surface area contributed by atoms with Gasteiger partial charge in [0, 0.05) is 7.05 Å². The molecule has 1 aromatic heterocycles. The zero-order valence-electron chi connectivity index (χ0n) is 17.4. The van der Waals surface area contributed by atoms with Crippen molar-refractivity contribution in [2.45, 2.75) is 32.0 Å². The molecule has 0 aliphatic rings. The lowest BCUT2D eigenvalue weighted by molar-refractivity contribution is 0.107. The fourth-order valence-electron chi connectivity index (χ4n) is 3.44. The van der Waals surface area contributed by atoms with E-state index in [1.807, 2.05) is 57.3 Å². The Morgan fingerprint density at radius 1 is 0.933 bits per heavy atom. The number of aromatic nitrogens is 2. The standard InChI is InChI=1S/C24H25N3O2S/c1-17-24(18(2)27(3)25-17)26-30(28)23-12-9-19(10-13-23)15-29-16-20-8-11-21-6-4-5-7-22(21)14-20/h4-14H,15-16H2,1-3H3,(H,26,28)/p+1. The zero-order valence-corrected chi connectivity index (χ0v) is 18.3. The Hall–Kier alpha value is -2.96. The lowest BCUT2D eigenvalue weighted by atomic mass is 10.1. The van der Waals surface area contributed by atoms with Crippen LogP contribution in [0.3, 0.4) is 0 Å². The van der Waals surface area contributed by atoms with E-state index in [4.69, 9.17) is 4.74 Å². The largest absolute Gasteiger partial charge is 0.372 e. The van der Waals surface area contributed by atoms with E-state index < -0.39 is 11.0 Å². The number of hydrogen-bond acceptors (Lipinski definition) is 3. The number of fused-ring (bicyclic) bond motifs is 1. The highest BCUT2D eigenvalue weighted by atomic mass is 32.2. The Labute approximate surface area is 179 Å². The van der Waals surface area contributed by atoms with Crippen molar-refractivity contribution in [1.82, 2.24) is 9.78 Å². The van der Waals surface area contributed by atoms with Gasteiger partial charge < -0.3 is 4.74 Å². The number of anilines is 1. The van der Waals surface area contributed by atoms with Crippen LogP contribution in [0.4, 0.5) is 5.69 Å². The summed E-state index contributed by atoms with van der Waals surface area (Å²) < 4.78 is 23.5. The first kappa shape index (κ1) is 20.3. The highest BCUT2D eigenvalue weighted by Crippen LogP contribution is 2.21. The van der Waals surface area contributed by atoms with E-state index in [9.17, 15) is 4.21 Å². The van der Waals surface area contributed by atoms with Crippen LogP contribution >= 0.6 is 0 Å². The number of aryl methyl sites for hydroxylation is 2. The van der Waals surface area contributed by atoms with Crippen LogP contribution in [-0.4, -0.2) is 9.78 Å². The summed E-state index contributed by atoms with van der Waals surface area (Å²) in [5.74, 6) is 0. The molecule has 5 nitrogen and oxygen atoms in total. The molecule has 0 radical (unpaired) electrons. The summed E-state index contributed by atoms with van der Waals surface area (Å²) in [4.78, 5) is 0.755. The van der Waals surface area contributed by atoms with Crippen molar-refractivity contribution in [3.8, 4) is 0 Å². The second kappa shape index (κ2) is 8.81. The molecule has 1 unspecified atom stereocenters. The summed E-state index contributed by atoms with van der Waals surface area (Å²) in [5, 5.41) is 6.81. The quantitative estimate of drug-likeness (QED) is 0.339. The first-order valence-corrected chi connectivity index (χ1v) is 11.2. The van der Waals surface area contributed by atoms with E-state index >= 15 is 0 Å². The third-order valence-corrected chi connectivity index (χ3v) is 6.44. The van der Waals surface area contributed by atoms with Gasteiger partial charge in [-0.25, -0.2) is 0 Å². The van der Waals surface area contributed by atoms with Gasteiger partial charge in [0.05, 0.1) is 24.6 Å². The van der Waals surface area contributed by atoms with Gasteiger partial charge in [-0.1, -0.05) is 52.7 Å². The van der Waals surface area contributed by atoms with Gasteiger partial charge in [0.1, 0.15) is 5.69 Å². The minimum absolute atomic E-state index is 0.512. The first-order chi connectivity index (χ1) is 14.5. The Kier molecular flexibility index (Phi) is 5.97. The number of nitrogens with zero attached hydrogens (tertiary/aromatic N) is 2. The molecule has 0 aliphatic heterocycles. The summed E-state index contributed by atoms with van der Waals surface area (Å²) >= 11 is 0. The molecule has 3 aromatic carbocycles. The monoisotopic (exact) mass is 420 g/mol. The minimum atomic E-state index is -1.74. The minimum Gasteiger partial charge on any atom is -0.372 e. The average molecular weight is 421 g/mol. The molecular weight excluding hydrogens is 394 g/mol. The fourth-order valence-corrected chi connectivity index (χ4v) is 4.52. The Morgan fingerprint density at radius 3 is 2.30 bits per heavy atom. The number of rotatable bonds is 7. The van der Waals surface area contributed by atoms with Crippen molar-refractivity contribution in [1.29, 1.82) is 0 Å². The molecule has 0 spiro atoms. The summed E-state index contributed by atoms with van der Waals surface area (Å²) in [6, 6.07) is 22.4. The van der Waals surface area contributed by atoms with Gasteiger partial charge in [0.25, 0.3) is 0 Å². The molecule has 4 rings (SSSR count). The van der Waals surface area contributed by atoms with Gasteiger partial charge in [-0.3, -0.25) is 4.68 Å². The molecule has 0 saturated heterocycles. The number of benzene rings is 3. The smallest absolute Gasteiger partial charge is 0.197 e. The molecule has 0 aliphatic carbocycles. The molecule has 1 atom stereocenters. The molecule has 0 bridgehead atoms. The maximum absolute atomic E-state index is 12.7. The third kappa shape index (κ3) is 4.45. The summed E-state index contributed by atoms with van der Waals surface area (Å²) in [6.45, 7) is 4.94. The van der Waals surface area contributed by atoms with Crippen LogP contribution < -0.4 is 4.72 Å². The maximum atomic E-state index is 12.7. The molecular formula is C24H26N3O2S+. The van der Waals surface area contributed by atoms with E-state index in [2.05, 4.69) is 40.2 Å². The van der Waals surface area contributed by atoms with E-state index in [-0.39, 0.29) is 0 Å². The van der Waals surface area contributed by atoms with Crippen LogP contribution in [0.15, 0.2) is 71.6 Å². The number of ether oxygens (including phenoxy) is 1. The van der Waals surface area contributed by atoms with E-state index in [1.165, 1.54) is 10.8 Å². The second-order valence-electron chi connectivity index (χ2n) is 7.42. The van der Waals surface area contributed by atoms with Gasteiger partial charge in [-0.15, -0.1) is 0 Å². The molecule has 1 N–H and O–H groups in total. The number of thiol groups is 1. The van der Waals surface area contributed by atoms with Gasteiger partial charge in [-0.05, 0) is 53.9 Å². The van der Waals surface area contributed by atoms with Crippen molar-refractivity contribution in [3.05, 3.63) is 89.2 Å². The molecule has 4 aromatic rings. The normalized spacial score (nSPS) is 12.2. The van der Waals surface area contributed by atoms with Crippen LogP contribution in [0.5, 0.6) is 0 Å². The molecule has 0 amide bonds. The summed E-state index contributed by atoms with van der Waals surface area (Å²) in [6.07, 6.45) is 0. The molecule has 1 heterocycles. The Bertz CT molecular complexity index is 1200. The molecule has 154 valence electrons. The van der Waals surface area contributed by atoms with Crippen molar-refractivity contribution < 1.29 is 8.95 Å². The molecule has 6 heteroatoms. The lowest BCUT2D eigenvalue weighted by Crippen LogP contribution is -2.06. The van der Waals surface area contributed by atoms with Gasteiger partial charge in [0.15, 0.2) is 15.9 Å². The first-order valence-electron chi connectivity index (χ1n) is 9.90. The molecule has 30 heavy (non-hydrogen) atoms. The van der Waals surface area contributed by atoms with E-state index in [1.54, 1.807) is 4.68 Å². The van der Waals surface area contributed by atoms with Crippen LogP contribution in [0.25, 0.3) is 10.8 Å². The highest BCUT2D eigenvalue weighted by Gasteiger charge is 2.17. The predicted octanol–water partition coefficient (Wildman–Crippen LogP) is 4.99. The average Bonchev–Trinajstić information content (AvgIpc) is 3.00. The zero-order chi connectivity index (χ0) is 21.1. The van der Waals surface area contributed by atoms with Crippen LogP contribution in [-0.2, 0) is 40.2 Å². The van der Waals surface area contributed by atoms with Gasteiger partial charge >= 0.3 is 0 Å². The van der Waals surface area contributed by atoms with E-state index in [0.29, 0.717) is 13.2 Å². The fraction of sp³-hybridized carbons (Fsp3) is 0.208. The van der Waals surface area contributed by atoms with Gasteiger partial charge in [0.2, 0.25) is 0 Å². The summed E-state index contributed by atoms with van der Waals surface area (Å²) in [5.41, 5.74) is 4.85. The topological polar surface area (TPSA) is 56.2 Å². The predicted molar refractivity (Wildman–Crippen MR) is 123 cm³/mol. The van der Waals surface area contributed by atoms with Gasteiger partial charge in [-0.2, -0.15) is 9.82 Å². The maximum Gasteiger partial charge on any atom is 0.197 e. The second-order valence-corrected chi connectivity index (χ2v) is 8.75. The lowest BCUT2D eigenvalue weighted by Gasteiger charge is -2.07. The third-order valence-electron chi connectivity index (χ3n) is 5.24. The van der Waals surface area contributed by atoms with Crippen LogP contribution in [0, 0.1) is 13.8 Å². The summed E-state index contributed by atoms with van der Waals surface area (Å²) in [7, 11) is 0.139. The van der Waals surface area contributed by atoms with E-state index in [0.717, 1.165) is 33.1 Å². The molecule has 0 saturated carbocycles. The Morgan fingerprint density at radius 2 is 1.60 bits per heavy atom. The molecule has 0 fully saturated rings. The SMILES string of the molecule is Cc1nn(C)c(C)c1N[SH+](=O)c1ccc(COCc2ccc3ccccc3c2)cc1. The van der Waals surface area contributed by atoms with Crippen molar-refractivity contribution in [2.24, 2.45) is 7.05 Å². The Balaban J connectivity index is 1.34. The van der Waals surface area contributed by atoms with Crippen molar-refractivity contribution in [2.75, 3.05) is 4.72 Å². The van der Waals surface area contributed by atoms with Crippen LogP contribution in [0.2, 0.25) is 0 Å². The van der Waals surface area contributed by atoms with Crippen LogP contribution in [0.1, 0.15) is 22.5 Å².